The Morgan fingerprint density at radius 1 is 1.06 bits per heavy atom. The normalized spacial score (nSPS) is 12.8. The standard InChI is InChI=1S/C17H29N/c1-13-9-10-15(16(2,3)4)12-14(13)8-7-11-17(5,6)18/h9-10,12H,7-8,11,18H2,1-6H3. The van der Waals surface area contributed by atoms with Crippen molar-refractivity contribution in [3.63, 3.8) is 0 Å². The van der Waals surface area contributed by atoms with Gasteiger partial charge in [-0.3, -0.25) is 0 Å². The largest absolute Gasteiger partial charge is 0.326 e. The first-order valence-corrected chi connectivity index (χ1v) is 6.98. The van der Waals surface area contributed by atoms with E-state index in [4.69, 9.17) is 5.73 Å². The van der Waals surface area contributed by atoms with Crippen LogP contribution >= 0.6 is 0 Å². The van der Waals surface area contributed by atoms with Crippen LogP contribution in [0.25, 0.3) is 0 Å². The monoisotopic (exact) mass is 247 g/mol. The maximum Gasteiger partial charge on any atom is 0.00971 e. The van der Waals surface area contributed by atoms with E-state index >= 15 is 0 Å². The minimum atomic E-state index is -0.0461. The molecule has 1 aromatic carbocycles. The van der Waals surface area contributed by atoms with Crippen molar-refractivity contribution in [2.75, 3.05) is 0 Å². The molecular weight excluding hydrogens is 218 g/mol. The molecule has 1 heteroatoms. The van der Waals surface area contributed by atoms with E-state index in [-0.39, 0.29) is 11.0 Å². The summed E-state index contributed by atoms with van der Waals surface area (Å²) in [6.07, 6.45) is 3.38. The van der Waals surface area contributed by atoms with Crippen LogP contribution in [0.3, 0.4) is 0 Å². The van der Waals surface area contributed by atoms with Gasteiger partial charge in [0, 0.05) is 5.54 Å². The second-order valence-corrected chi connectivity index (χ2v) is 7.23. The third kappa shape index (κ3) is 4.81. The lowest BCUT2D eigenvalue weighted by molar-refractivity contribution is 0.459. The van der Waals surface area contributed by atoms with Gasteiger partial charge in [-0.05, 0) is 62.1 Å². The van der Waals surface area contributed by atoms with E-state index in [1.165, 1.54) is 16.7 Å². The van der Waals surface area contributed by atoms with Gasteiger partial charge in [0.1, 0.15) is 0 Å². The smallest absolute Gasteiger partial charge is 0.00971 e. The SMILES string of the molecule is Cc1ccc(C(C)(C)C)cc1CCCC(C)(C)N. The van der Waals surface area contributed by atoms with E-state index in [2.05, 4.69) is 59.7 Å². The van der Waals surface area contributed by atoms with Crippen molar-refractivity contribution in [1.29, 1.82) is 0 Å². The third-order valence-electron chi connectivity index (χ3n) is 3.48. The number of benzene rings is 1. The van der Waals surface area contributed by atoms with Crippen molar-refractivity contribution in [2.24, 2.45) is 5.73 Å². The average Bonchev–Trinajstić information content (AvgIpc) is 2.17. The quantitative estimate of drug-likeness (QED) is 0.841. The molecule has 0 amide bonds. The zero-order chi connectivity index (χ0) is 14.0. The van der Waals surface area contributed by atoms with Gasteiger partial charge in [-0.15, -0.1) is 0 Å². The molecule has 1 aromatic rings. The van der Waals surface area contributed by atoms with Crippen LogP contribution in [0.5, 0.6) is 0 Å². The minimum Gasteiger partial charge on any atom is -0.326 e. The fraction of sp³-hybridized carbons (Fsp3) is 0.647. The number of hydrogen-bond donors (Lipinski definition) is 1. The van der Waals surface area contributed by atoms with Crippen LogP contribution < -0.4 is 5.73 Å². The Hall–Kier alpha value is -0.820. The Morgan fingerprint density at radius 2 is 1.67 bits per heavy atom. The van der Waals surface area contributed by atoms with E-state index in [1.807, 2.05) is 0 Å². The van der Waals surface area contributed by atoms with Crippen molar-refractivity contribution < 1.29 is 0 Å². The zero-order valence-corrected chi connectivity index (χ0v) is 12.9. The molecule has 0 saturated carbocycles. The Morgan fingerprint density at radius 3 is 2.17 bits per heavy atom. The van der Waals surface area contributed by atoms with Crippen molar-refractivity contribution in [2.45, 2.75) is 71.8 Å². The lowest BCUT2D eigenvalue weighted by Crippen LogP contribution is -2.31. The van der Waals surface area contributed by atoms with E-state index in [0.717, 1.165) is 19.3 Å². The first kappa shape index (κ1) is 15.2. The molecule has 18 heavy (non-hydrogen) atoms. The first-order chi connectivity index (χ1) is 8.09. The van der Waals surface area contributed by atoms with Crippen LogP contribution in [0.15, 0.2) is 18.2 Å². The molecule has 0 aliphatic heterocycles. The molecule has 0 fully saturated rings. The van der Waals surface area contributed by atoms with Crippen molar-refractivity contribution >= 4 is 0 Å². The van der Waals surface area contributed by atoms with E-state index < -0.39 is 0 Å². The van der Waals surface area contributed by atoms with Crippen LogP contribution in [0, 0.1) is 6.92 Å². The Bertz CT molecular complexity index is 391. The van der Waals surface area contributed by atoms with Crippen LogP contribution in [-0.2, 0) is 11.8 Å². The van der Waals surface area contributed by atoms with Gasteiger partial charge in [-0.25, -0.2) is 0 Å². The summed E-state index contributed by atoms with van der Waals surface area (Å²) in [4.78, 5) is 0. The highest BCUT2D eigenvalue weighted by atomic mass is 14.7. The summed E-state index contributed by atoms with van der Waals surface area (Å²) in [7, 11) is 0. The molecule has 0 aliphatic carbocycles. The molecule has 0 spiro atoms. The zero-order valence-electron chi connectivity index (χ0n) is 12.9. The van der Waals surface area contributed by atoms with E-state index in [1.54, 1.807) is 0 Å². The van der Waals surface area contributed by atoms with Crippen LogP contribution in [0.4, 0.5) is 0 Å². The second kappa shape index (κ2) is 5.44. The maximum atomic E-state index is 6.04. The lowest BCUT2D eigenvalue weighted by atomic mass is 9.84. The molecule has 2 N–H and O–H groups in total. The molecule has 0 bridgehead atoms. The summed E-state index contributed by atoms with van der Waals surface area (Å²) in [6.45, 7) is 13.2. The minimum absolute atomic E-state index is 0.0461. The number of aryl methyl sites for hydroxylation is 2. The number of hydrogen-bond acceptors (Lipinski definition) is 1. The summed E-state index contributed by atoms with van der Waals surface area (Å²) in [5.41, 5.74) is 10.5. The molecule has 0 aliphatic rings. The Balaban J connectivity index is 2.76. The van der Waals surface area contributed by atoms with Crippen molar-refractivity contribution in [1.82, 2.24) is 0 Å². The maximum absolute atomic E-state index is 6.04. The highest BCUT2D eigenvalue weighted by Gasteiger charge is 2.15. The summed E-state index contributed by atoms with van der Waals surface area (Å²) >= 11 is 0. The Labute approximate surface area is 113 Å². The fourth-order valence-electron chi connectivity index (χ4n) is 2.14. The average molecular weight is 247 g/mol. The molecule has 0 saturated heterocycles. The molecule has 1 nitrogen and oxygen atoms in total. The molecule has 0 unspecified atom stereocenters. The van der Waals surface area contributed by atoms with Gasteiger partial charge in [-0.2, -0.15) is 0 Å². The van der Waals surface area contributed by atoms with Crippen LogP contribution in [-0.4, -0.2) is 5.54 Å². The van der Waals surface area contributed by atoms with Gasteiger partial charge >= 0.3 is 0 Å². The summed E-state index contributed by atoms with van der Waals surface area (Å²) in [6, 6.07) is 6.88. The van der Waals surface area contributed by atoms with Gasteiger partial charge in [0.15, 0.2) is 0 Å². The highest BCUT2D eigenvalue weighted by Crippen LogP contribution is 2.25. The molecule has 0 radical (unpaired) electrons. The van der Waals surface area contributed by atoms with Gasteiger partial charge in [0.2, 0.25) is 0 Å². The number of nitrogens with two attached hydrogens (primary N) is 1. The van der Waals surface area contributed by atoms with Gasteiger partial charge in [0.05, 0.1) is 0 Å². The third-order valence-corrected chi connectivity index (χ3v) is 3.48. The van der Waals surface area contributed by atoms with Gasteiger partial charge < -0.3 is 5.73 Å². The molecular formula is C17H29N. The first-order valence-electron chi connectivity index (χ1n) is 6.98. The predicted octanol–water partition coefficient (Wildman–Crippen LogP) is 4.35. The van der Waals surface area contributed by atoms with Crippen molar-refractivity contribution in [3.05, 3.63) is 34.9 Å². The summed E-state index contributed by atoms with van der Waals surface area (Å²) < 4.78 is 0. The summed E-state index contributed by atoms with van der Waals surface area (Å²) in [5, 5.41) is 0. The van der Waals surface area contributed by atoms with Crippen molar-refractivity contribution in [3.8, 4) is 0 Å². The van der Waals surface area contributed by atoms with Gasteiger partial charge in [-0.1, -0.05) is 39.0 Å². The predicted molar refractivity (Wildman–Crippen MR) is 81.1 cm³/mol. The molecule has 0 aromatic heterocycles. The van der Waals surface area contributed by atoms with Crippen LogP contribution in [0.1, 0.15) is 64.2 Å². The highest BCUT2D eigenvalue weighted by molar-refractivity contribution is 5.34. The van der Waals surface area contributed by atoms with E-state index in [0.29, 0.717) is 0 Å². The summed E-state index contributed by atoms with van der Waals surface area (Å²) in [5.74, 6) is 0. The molecule has 102 valence electrons. The molecule has 0 atom stereocenters. The Kier molecular flexibility index (Phi) is 4.61. The topological polar surface area (TPSA) is 26.0 Å². The fourth-order valence-corrected chi connectivity index (χ4v) is 2.14. The van der Waals surface area contributed by atoms with E-state index in [9.17, 15) is 0 Å². The number of rotatable bonds is 4. The second-order valence-electron chi connectivity index (χ2n) is 7.23. The molecule has 1 rings (SSSR count). The van der Waals surface area contributed by atoms with Gasteiger partial charge in [0.25, 0.3) is 0 Å². The lowest BCUT2D eigenvalue weighted by Gasteiger charge is -2.22. The molecule has 0 heterocycles. The van der Waals surface area contributed by atoms with Crippen LogP contribution in [0.2, 0.25) is 0 Å².